The molecule has 0 saturated heterocycles. The summed E-state index contributed by atoms with van der Waals surface area (Å²) in [6.45, 7) is 7.49. The van der Waals surface area contributed by atoms with E-state index in [9.17, 15) is 4.39 Å². The van der Waals surface area contributed by atoms with Crippen LogP contribution in [-0.2, 0) is 6.54 Å². The van der Waals surface area contributed by atoms with Gasteiger partial charge in [-0.05, 0) is 57.7 Å². The molecular formula is C15H22FNO. The maximum Gasteiger partial charge on any atom is 0.127 e. The van der Waals surface area contributed by atoms with E-state index in [0.29, 0.717) is 18.0 Å². The second kappa shape index (κ2) is 5.27. The SMILES string of the molecule is CC(C)(C)NCc1cc(OCC2CC2)ccc1F. The minimum Gasteiger partial charge on any atom is -0.493 e. The van der Waals surface area contributed by atoms with Crippen molar-refractivity contribution in [2.45, 2.75) is 45.7 Å². The number of rotatable bonds is 5. The predicted molar refractivity (Wildman–Crippen MR) is 71.2 cm³/mol. The lowest BCUT2D eigenvalue weighted by Crippen LogP contribution is -2.35. The van der Waals surface area contributed by atoms with Crippen LogP contribution in [0.25, 0.3) is 0 Å². The van der Waals surface area contributed by atoms with Crippen LogP contribution in [0.1, 0.15) is 39.2 Å². The van der Waals surface area contributed by atoms with E-state index in [2.05, 4.69) is 26.1 Å². The van der Waals surface area contributed by atoms with Crippen molar-refractivity contribution in [1.29, 1.82) is 0 Å². The van der Waals surface area contributed by atoms with Gasteiger partial charge in [0.25, 0.3) is 0 Å². The van der Waals surface area contributed by atoms with Crippen LogP contribution in [-0.4, -0.2) is 12.1 Å². The minimum atomic E-state index is -0.175. The van der Waals surface area contributed by atoms with E-state index >= 15 is 0 Å². The largest absolute Gasteiger partial charge is 0.493 e. The summed E-state index contributed by atoms with van der Waals surface area (Å²) in [7, 11) is 0. The van der Waals surface area contributed by atoms with E-state index in [1.165, 1.54) is 18.9 Å². The first kappa shape index (κ1) is 13.3. The molecule has 1 saturated carbocycles. The topological polar surface area (TPSA) is 21.3 Å². The molecule has 0 atom stereocenters. The Balaban J connectivity index is 1.96. The molecule has 0 aliphatic heterocycles. The van der Waals surface area contributed by atoms with Crippen LogP contribution in [0.4, 0.5) is 4.39 Å². The van der Waals surface area contributed by atoms with Crippen molar-refractivity contribution in [3.63, 3.8) is 0 Å². The molecule has 0 heterocycles. The lowest BCUT2D eigenvalue weighted by molar-refractivity contribution is 0.298. The molecule has 0 unspecified atom stereocenters. The Hall–Kier alpha value is -1.09. The normalized spacial score (nSPS) is 15.8. The Morgan fingerprint density at radius 1 is 1.33 bits per heavy atom. The Bertz CT molecular complexity index is 407. The van der Waals surface area contributed by atoms with Crippen LogP contribution in [0.2, 0.25) is 0 Å². The van der Waals surface area contributed by atoms with Gasteiger partial charge in [0, 0.05) is 17.6 Å². The molecule has 1 fully saturated rings. The molecule has 0 radical (unpaired) electrons. The summed E-state index contributed by atoms with van der Waals surface area (Å²) in [6, 6.07) is 5.00. The molecule has 1 N–H and O–H groups in total. The van der Waals surface area contributed by atoms with Crippen molar-refractivity contribution < 1.29 is 9.13 Å². The Morgan fingerprint density at radius 2 is 2.06 bits per heavy atom. The first-order valence-electron chi connectivity index (χ1n) is 6.60. The van der Waals surface area contributed by atoms with Crippen LogP contribution < -0.4 is 10.1 Å². The molecule has 2 rings (SSSR count). The van der Waals surface area contributed by atoms with Gasteiger partial charge in [0.05, 0.1) is 6.61 Å². The number of benzene rings is 1. The second-order valence-electron chi connectivity index (χ2n) is 6.11. The molecule has 100 valence electrons. The zero-order valence-corrected chi connectivity index (χ0v) is 11.4. The van der Waals surface area contributed by atoms with Gasteiger partial charge in [0.15, 0.2) is 0 Å². The van der Waals surface area contributed by atoms with Crippen molar-refractivity contribution in [1.82, 2.24) is 5.32 Å². The Morgan fingerprint density at radius 3 is 2.67 bits per heavy atom. The van der Waals surface area contributed by atoms with Crippen LogP contribution >= 0.6 is 0 Å². The number of hydrogen-bond acceptors (Lipinski definition) is 2. The van der Waals surface area contributed by atoms with Gasteiger partial charge in [-0.25, -0.2) is 4.39 Å². The van der Waals surface area contributed by atoms with Gasteiger partial charge in [0.1, 0.15) is 11.6 Å². The average Bonchev–Trinajstić information content (AvgIpc) is 3.09. The van der Waals surface area contributed by atoms with E-state index in [-0.39, 0.29) is 11.4 Å². The molecule has 0 bridgehead atoms. The summed E-state index contributed by atoms with van der Waals surface area (Å²) in [4.78, 5) is 0. The molecule has 1 aromatic carbocycles. The van der Waals surface area contributed by atoms with E-state index in [1.807, 2.05) is 0 Å². The number of halogens is 1. The van der Waals surface area contributed by atoms with Gasteiger partial charge in [-0.1, -0.05) is 0 Å². The molecule has 0 aromatic heterocycles. The van der Waals surface area contributed by atoms with Crippen LogP contribution in [0.3, 0.4) is 0 Å². The summed E-state index contributed by atoms with van der Waals surface area (Å²) in [5, 5.41) is 3.29. The van der Waals surface area contributed by atoms with Gasteiger partial charge < -0.3 is 10.1 Å². The molecule has 1 aliphatic carbocycles. The molecule has 0 spiro atoms. The highest BCUT2D eigenvalue weighted by atomic mass is 19.1. The summed E-state index contributed by atoms with van der Waals surface area (Å²) in [5.74, 6) is 1.31. The maximum atomic E-state index is 13.7. The van der Waals surface area contributed by atoms with Crippen molar-refractivity contribution in [2.75, 3.05) is 6.61 Å². The molecule has 0 amide bonds. The summed E-state index contributed by atoms with van der Waals surface area (Å²) >= 11 is 0. The van der Waals surface area contributed by atoms with Gasteiger partial charge >= 0.3 is 0 Å². The fourth-order valence-corrected chi connectivity index (χ4v) is 1.64. The number of nitrogens with one attached hydrogen (secondary N) is 1. The highest BCUT2D eigenvalue weighted by molar-refractivity contribution is 5.30. The van der Waals surface area contributed by atoms with E-state index in [1.54, 1.807) is 12.1 Å². The van der Waals surface area contributed by atoms with Gasteiger partial charge in [0.2, 0.25) is 0 Å². The van der Waals surface area contributed by atoms with Crippen molar-refractivity contribution in [3.05, 3.63) is 29.6 Å². The molecule has 3 heteroatoms. The number of hydrogen-bond donors (Lipinski definition) is 1. The highest BCUT2D eigenvalue weighted by Crippen LogP contribution is 2.29. The molecule has 2 nitrogen and oxygen atoms in total. The summed E-state index contributed by atoms with van der Waals surface area (Å²) in [6.07, 6.45) is 2.53. The average molecular weight is 251 g/mol. The molecule has 18 heavy (non-hydrogen) atoms. The molecular weight excluding hydrogens is 229 g/mol. The van der Waals surface area contributed by atoms with Crippen LogP contribution in [0, 0.1) is 11.7 Å². The standard InChI is InChI=1S/C15H22FNO/c1-15(2,3)17-9-12-8-13(6-7-14(12)16)18-10-11-4-5-11/h6-8,11,17H,4-5,9-10H2,1-3H3. The maximum absolute atomic E-state index is 13.7. The lowest BCUT2D eigenvalue weighted by Gasteiger charge is -2.21. The monoisotopic (exact) mass is 251 g/mol. The van der Waals surface area contributed by atoms with Gasteiger partial charge in [-0.3, -0.25) is 0 Å². The third-order valence-corrected chi connectivity index (χ3v) is 3.01. The summed E-state index contributed by atoms with van der Waals surface area (Å²) in [5.41, 5.74) is 0.648. The molecule has 1 aliphatic rings. The van der Waals surface area contributed by atoms with Crippen LogP contribution in [0.5, 0.6) is 5.75 Å². The first-order chi connectivity index (χ1) is 8.44. The molecule has 1 aromatic rings. The van der Waals surface area contributed by atoms with Crippen molar-refractivity contribution in [2.24, 2.45) is 5.92 Å². The smallest absolute Gasteiger partial charge is 0.127 e. The third kappa shape index (κ3) is 4.30. The van der Waals surface area contributed by atoms with E-state index in [0.717, 1.165) is 12.4 Å². The lowest BCUT2D eigenvalue weighted by atomic mass is 10.1. The third-order valence-electron chi connectivity index (χ3n) is 3.01. The zero-order chi connectivity index (χ0) is 13.2. The quantitative estimate of drug-likeness (QED) is 0.864. The fraction of sp³-hybridized carbons (Fsp3) is 0.600. The zero-order valence-electron chi connectivity index (χ0n) is 11.4. The number of ether oxygens (including phenoxy) is 1. The van der Waals surface area contributed by atoms with Crippen LogP contribution in [0.15, 0.2) is 18.2 Å². The van der Waals surface area contributed by atoms with E-state index in [4.69, 9.17) is 4.74 Å². The fourth-order valence-electron chi connectivity index (χ4n) is 1.64. The predicted octanol–water partition coefficient (Wildman–Crippen LogP) is 3.50. The summed E-state index contributed by atoms with van der Waals surface area (Å²) < 4.78 is 19.3. The minimum absolute atomic E-state index is 0.0166. The van der Waals surface area contributed by atoms with E-state index < -0.39 is 0 Å². The Kier molecular flexibility index (Phi) is 3.91. The highest BCUT2D eigenvalue weighted by Gasteiger charge is 2.22. The Labute approximate surface area is 109 Å². The van der Waals surface area contributed by atoms with Gasteiger partial charge in [-0.15, -0.1) is 0 Å². The van der Waals surface area contributed by atoms with Crippen molar-refractivity contribution in [3.8, 4) is 5.75 Å². The van der Waals surface area contributed by atoms with Gasteiger partial charge in [-0.2, -0.15) is 0 Å². The van der Waals surface area contributed by atoms with Crippen molar-refractivity contribution >= 4 is 0 Å². The first-order valence-corrected chi connectivity index (χ1v) is 6.60. The second-order valence-corrected chi connectivity index (χ2v) is 6.11.